The van der Waals surface area contributed by atoms with Gasteiger partial charge in [-0.2, -0.15) is 0 Å². The number of carbonyl (C=O) groups is 2. The number of aryl methyl sites for hydroxylation is 2. The van der Waals surface area contributed by atoms with Crippen LogP contribution in [0.2, 0.25) is 0 Å². The van der Waals surface area contributed by atoms with Crippen LogP contribution >= 0.6 is 0 Å². The quantitative estimate of drug-likeness (QED) is 0.800. The van der Waals surface area contributed by atoms with Crippen LogP contribution in [0.5, 0.6) is 0 Å². The van der Waals surface area contributed by atoms with Gasteiger partial charge in [-0.25, -0.2) is 0 Å². The van der Waals surface area contributed by atoms with Gasteiger partial charge < -0.3 is 9.80 Å². The molecule has 22 heavy (non-hydrogen) atoms. The second-order valence-electron chi connectivity index (χ2n) is 7.13. The predicted octanol–water partition coefficient (Wildman–Crippen LogP) is 2.63. The van der Waals surface area contributed by atoms with Crippen LogP contribution in [-0.4, -0.2) is 47.8 Å². The molecule has 0 radical (unpaired) electrons. The standard InChI is InChI=1S/C18H26N2O2/c1-13-6-7-15(12-14(13)2)16(21)19-8-10-20(11-9-19)17(22)18(3,4)5/h6-7,12H,8-11H2,1-5H3. The molecule has 1 aliphatic rings. The van der Waals surface area contributed by atoms with Crippen molar-refractivity contribution in [3.63, 3.8) is 0 Å². The van der Waals surface area contributed by atoms with E-state index in [9.17, 15) is 9.59 Å². The Hall–Kier alpha value is -1.84. The van der Waals surface area contributed by atoms with Crippen LogP contribution in [0.3, 0.4) is 0 Å². The Balaban J connectivity index is 2.01. The summed E-state index contributed by atoms with van der Waals surface area (Å²) in [5.41, 5.74) is 2.70. The summed E-state index contributed by atoms with van der Waals surface area (Å²) < 4.78 is 0. The molecule has 1 aliphatic heterocycles. The molecule has 0 atom stereocenters. The molecule has 1 aromatic rings. The third-order valence-corrected chi connectivity index (χ3v) is 4.25. The third-order valence-electron chi connectivity index (χ3n) is 4.25. The molecule has 1 aromatic carbocycles. The van der Waals surface area contributed by atoms with Gasteiger partial charge in [-0.1, -0.05) is 26.8 Å². The van der Waals surface area contributed by atoms with Crippen molar-refractivity contribution in [2.75, 3.05) is 26.2 Å². The van der Waals surface area contributed by atoms with Gasteiger partial charge in [0.15, 0.2) is 0 Å². The number of benzene rings is 1. The Labute approximate surface area is 133 Å². The lowest BCUT2D eigenvalue weighted by atomic mass is 9.94. The molecule has 4 heteroatoms. The highest BCUT2D eigenvalue weighted by Gasteiger charge is 2.31. The van der Waals surface area contributed by atoms with Crippen LogP contribution in [0, 0.1) is 19.3 Å². The van der Waals surface area contributed by atoms with E-state index in [1.165, 1.54) is 5.56 Å². The Morgan fingerprint density at radius 3 is 1.95 bits per heavy atom. The summed E-state index contributed by atoms with van der Waals surface area (Å²) in [5.74, 6) is 0.219. The molecule has 2 amide bonds. The average Bonchev–Trinajstić information content (AvgIpc) is 2.48. The van der Waals surface area contributed by atoms with E-state index in [0.717, 1.165) is 11.1 Å². The SMILES string of the molecule is Cc1ccc(C(=O)N2CCN(C(=O)C(C)(C)C)CC2)cc1C. The van der Waals surface area contributed by atoms with E-state index < -0.39 is 0 Å². The van der Waals surface area contributed by atoms with Crippen LogP contribution < -0.4 is 0 Å². The van der Waals surface area contributed by atoms with Crippen LogP contribution in [0.25, 0.3) is 0 Å². The molecule has 1 fully saturated rings. The zero-order valence-electron chi connectivity index (χ0n) is 14.3. The molecule has 0 saturated carbocycles. The highest BCUT2D eigenvalue weighted by Crippen LogP contribution is 2.19. The van der Waals surface area contributed by atoms with E-state index >= 15 is 0 Å². The zero-order chi connectivity index (χ0) is 16.5. The van der Waals surface area contributed by atoms with Gasteiger partial charge in [0.05, 0.1) is 0 Å². The first-order valence-corrected chi connectivity index (χ1v) is 7.86. The van der Waals surface area contributed by atoms with E-state index in [-0.39, 0.29) is 17.2 Å². The van der Waals surface area contributed by atoms with E-state index in [1.54, 1.807) is 0 Å². The predicted molar refractivity (Wildman–Crippen MR) is 87.9 cm³/mol. The minimum atomic E-state index is -0.361. The van der Waals surface area contributed by atoms with Crippen molar-refractivity contribution in [3.05, 3.63) is 34.9 Å². The molecule has 4 nitrogen and oxygen atoms in total. The lowest BCUT2D eigenvalue weighted by molar-refractivity contribution is -0.140. The minimum absolute atomic E-state index is 0.0611. The number of carbonyl (C=O) groups excluding carboxylic acids is 2. The number of amides is 2. The summed E-state index contributed by atoms with van der Waals surface area (Å²) in [7, 11) is 0. The summed E-state index contributed by atoms with van der Waals surface area (Å²) in [6.07, 6.45) is 0. The summed E-state index contributed by atoms with van der Waals surface area (Å²) in [5, 5.41) is 0. The molecule has 0 N–H and O–H groups in total. The first-order chi connectivity index (χ1) is 10.2. The topological polar surface area (TPSA) is 40.6 Å². The van der Waals surface area contributed by atoms with Crippen molar-refractivity contribution < 1.29 is 9.59 Å². The Morgan fingerprint density at radius 1 is 0.909 bits per heavy atom. The molecule has 120 valence electrons. The minimum Gasteiger partial charge on any atom is -0.339 e. The first kappa shape index (κ1) is 16.5. The van der Waals surface area contributed by atoms with Crippen LogP contribution in [0.1, 0.15) is 42.3 Å². The fraction of sp³-hybridized carbons (Fsp3) is 0.556. The van der Waals surface area contributed by atoms with Gasteiger partial charge in [0.2, 0.25) is 5.91 Å². The summed E-state index contributed by atoms with van der Waals surface area (Å²) >= 11 is 0. The molecule has 1 saturated heterocycles. The van der Waals surface area contributed by atoms with Crippen molar-refractivity contribution in [1.29, 1.82) is 0 Å². The van der Waals surface area contributed by atoms with Gasteiger partial charge >= 0.3 is 0 Å². The highest BCUT2D eigenvalue weighted by molar-refractivity contribution is 5.94. The molecule has 0 aromatic heterocycles. The maximum Gasteiger partial charge on any atom is 0.253 e. The smallest absolute Gasteiger partial charge is 0.253 e. The molecule has 0 unspecified atom stereocenters. The number of hydrogen-bond acceptors (Lipinski definition) is 2. The lowest BCUT2D eigenvalue weighted by Gasteiger charge is -2.37. The van der Waals surface area contributed by atoms with Crippen LogP contribution in [0.15, 0.2) is 18.2 Å². The maximum absolute atomic E-state index is 12.6. The summed E-state index contributed by atoms with van der Waals surface area (Å²) in [6.45, 7) is 12.3. The largest absolute Gasteiger partial charge is 0.339 e. The van der Waals surface area contributed by atoms with E-state index in [2.05, 4.69) is 0 Å². The molecule has 1 heterocycles. The van der Waals surface area contributed by atoms with E-state index in [0.29, 0.717) is 26.2 Å². The fourth-order valence-corrected chi connectivity index (χ4v) is 2.64. The lowest BCUT2D eigenvalue weighted by Crippen LogP contribution is -2.53. The Bertz CT molecular complexity index is 579. The van der Waals surface area contributed by atoms with Crippen LogP contribution in [0.4, 0.5) is 0 Å². The van der Waals surface area contributed by atoms with Gasteiger partial charge in [0.25, 0.3) is 5.91 Å². The van der Waals surface area contributed by atoms with Crippen molar-refractivity contribution in [2.45, 2.75) is 34.6 Å². The van der Waals surface area contributed by atoms with Gasteiger partial charge in [-0.3, -0.25) is 9.59 Å². The van der Waals surface area contributed by atoms with Crippen LogP contribution in [-0.2, 0) is 4.79 Å². The monoisotopic (exact) mass is 302 g/mol. The molecular weight excluding hydrogens is 276 g/mol. The van der Waals surface area contributed by atoms with Gasteiger partial charge in [0.1, 0.15) is 0 Å². The maximum atomic E-state index is 12.6. The number of nitrogens with zero attached hydrogens (tertiary/aromatic N) is 2. The molecular formula is C18H26N2O2. The van der Waals surface area contributed by atoms with Gasteiger partial charge in [0, 0.05) is 37.2 Å². The second-order valence-corrected chi connectivity index (χ2v) is 7.13. The summed E-state index contributed by atoms with van der Waals surface area (Å²) in [4.78, 5) is 28.5. The van der Waals surface area contributed by atoms with Crippen molar-refractivity contribution in [3.8, 4) is 0 Å². The third kappa shape index (κ3) is 3.49. The Morgan fingerprint density at radius 2 is 1.45 bits per heavy atom. The molecule has 0 aliphatic carbocycles. The van der Waals surface area contributed by atoms with E-state index in [4.69, 9.17) is 0 Å². The summed E-state index contributed by atoms with van der Waals surface area (Å²) in [6, 6.07) is 5.82. The Kier molecular flexibility index (Phi) is 4.59. The van der Waals surface area contributed by atoms with Crippen molar-refractivity contribution >= 4 is 11.8 Å². The van der Waals surface area contributed by atoms with Gasteiger partial charge in [-0.15, -0.1) is 0 Å². The van der Waals surface area contributed by atoms with Gasteiger partial charge in [-0.05, 0) is 37.1 Å². The normalized spacial score (nSPS) is 15.9. The average molecular weight is 302 g/mol. The second kappa shape index (κ2) is 6.11. The van der Waals surface area contributed by atoms with Crippen molar-refractivity contribution in [2.24, 2.45) is 5.41 Å². The number of piperazine rings is 1. The number of rotatable bonds is 1. The molecule has 0 bridgehead atoms. The zero-order valence-corrected chi connectivity index (χ0v) is 14.3. The van der Waals surface area contributed by atoms with Crippen molar-refractivity contribution in [1.82, 2.24) is 9.80 Å². The highest BCUT2D eigenvalue weighted by atomic mass is 16.2. The molecule has 0 spiro atoms. The number of hydrogen-bond donors (Lipinski definition) is 0. The fourth-order valence-electron chi connectivity index (χ4n) is 2.64. The first-order valence-electron chi connectivity index (χ1n) is 7.86. The molecule has 2 rings (SSSR count). The van der Waals surface area contributed by atoms with E-state index in [1.807, 2.05) is 62.6 Å².